The van der Waals surface area contributed by atoms with Crippen LogP contribution in [0.5, 0.6) is 0 Å². The zero-order chi connectivity index (χ0) is 17.0. The molecular formula is C18H26O4S. The average Bonchev–Trinajstić information content (AvgIpc) is 2.55. The van der Waals surface area contributed by atoms with Crippen LogP contribution in [0.25, 0.3) is 0 Å². The Morgan fingerprint density at radius 2 is 1.96 bits per heavy atom. The van der Waals surface area contributed by atoms with Crippen molar-refractivity contribution in [3.8, 4) is 12.3 Å². The molecular weight excluding hydrogens is 312 g/mol. The predicted molar refractivity (Wildman–Crippen MR) is 94.8 cm³/mol. The average molecular weight is 338 g/mol. The molecule has 0 bridgehead atoms. The summed E-state index contributed by atoms with van der Waals surface area (Å²) in [6.07, 6.45) is 2.46. The minimum atomic E-state index is -0.920. The first-order valence-corrected chi connectivity index (χ1v) is 9.55. The van der Waals surface area contributed by atoms with Crippen LogP contribution >= 0.6 is 10.9 Å². The summed E-state index contributed by atoms with van der Waals surface area (Å²) >= 11 is 0. The van der Waals surface area contributed by atoms with Crippen LogP contribution in [0.1, 0.15) is 25.5 Å². The first-order valence-electron chi connectivity index (χ1n) is 7.88. The smallest absolute Gasteiger partial charge is 0.143 e. The Hall–Kier alpha value is -1.03. The standard InChI is InChI=1S/C18H26O4S/c1-4-15(13-8-6-5-7-9-13)22-18-14(20)11-23(12(2)3)16(10-19)17(18)21/h1,5-9,12,14-21,23H,10-11H2,2-3H3/t14-,15-,16+,17+,18-/m0/s1. The first kappa shape index (κ1) is 18.3. The maximum absolute atomic E-state index is 10.6. The number of thiol groups is 1. The second kappa shape index (κ2) is 8.18. The van der Waals surface area contributed by atoms with Gasteiger partial charge in [-0.15, -0.1) is 6.42 Å². The number of aliphatic hydroxyl groups is 3. The molecule has 1 aromatic carbocycles. The van der Waals surface area contributed by atoms with Gasteiger partial charge in [0.15, 0.2) is 0 Å². The van der Waals surface area contributed by atoms with E-state index in [1.54, 1.807) is 0 Å². The van der Waals surface area contributed by atoms with Gasteiger partial charge in [0.2, 0.25) is 0 Å². The molecule has 1 aliphatic rings. The Kier molecular flexibility index (Phi) is 6.51. The van der Waals surface area contributed by atoms with Crippen LogP contribution in [-0.2, 0) is 4.74 Å². The Balaban J connectivity index is 2.17. The summed E-state index contributed by atoms with van der Waals surface area (Å²) in [4.78, 5) is 0. The number of benzene rings is 1. The highest BCUT2D eigenvalue weighted by Crippen LogP contribution is 2.45. The molecule has 128 valence electrons. The maximum atomic E-state index is 10.6. The lowest BCUT2D eigenvalue weighted by Gasteiger charge is -2.47. The Bertz CT molecular complexity index is 528. The Morgan fingerprint density at radius 3 is 2.48 bits per heavy atom. The highest BCUT2D eigenvalue weighted by atomic mass is 32.2. The van der Waals surface area contributed by atoms with E-state index in [-0.39, 0.29) is 11.9 Å². The molecule has 0 radical (unpaired) electrons. The fourth-order valence-corrected chi connectivity index (χ4v) is 5.94. The van der Waals surface area contributed by atoms with Crippen LogP contribution in [0.3, 0.4) is 0 Å². The zero-order valence-corrected chi connectivity index (χ0v) is 14.4. The summed E-state index contributed by atoms with van der Waals surface area (Å²) < 4.78 is 5.87. The van der Waals surface area contributed by atoms with Gasteiger partial charge in [-0.2, -0.15) is 0 Å². The zero-order valence-electron chi connectivity index (χ0n) is 13.5. The van der Waals surface area contributed by atoms with Gasteiger partial charge in [0.05, 0.1) is 18.8 Å². The molecule has 0 amide bonds. The number of ether oxygens (including phenoxy) is 1. The van der Waals surface area contributed by atoms with Gasteiger partial charge in [-0.05, 0) is 10.8 Å². The lowest BCUT2D eigenvalue weighted by molar-refractivity contribution is -0.117. The minimum Gasteiger partial charge on any atom is -0.395 e. The first-order chi connectivity index (χ1) is 11.0. The summed E-state index contributed by atoms with van der Waals surface area (Å²) in [6.45, 7) is 4.01. The van der Waals surface area contributed by atoms with Crippen LogP contribution < -0.4 is 0 Å². The van der Waals surface area contributed by atoms with Crippen molar-refractivity contribution >= 4 is 10.9 Å². The summed E-state index contributed by atoms with van der Waals surface area (Å²) in [5.74, 6) is 3.12. The lowest BCUT2D eigenvalue weighted by Crippen LogP contribution is -2.54. The van der Waals surface area contributed by atoms with E-state index in [1.807, 2.05) is 30.3 Å². The van der Waals surface area contributed by atoms with Gasteiger partial charge in [-0.3, -0.25) is 0 Å². The lowest BCUT2D eigenvalue weighted by atomic mass is 10.0. The van der Waals surface area contributed by atoms with E-state index in [4.69, 9.17) is 11.2 Å². The van der Waals surface area contributed by atoms with E-state index in [2.05, 4.69) is 19.8 Å². The molecule has 1 saturated heterocycles. The van der Waals surface area contributed by atoms with E-state index in [0.29, 0.717) is 11.0 Å². The van der Waals surface area contributed by atoms with Crippen molar-refractivity contribution in [1.29, 1.82) is 0 Å². The molecule has 23 heavy (non-hydrogen) atoms. The molecule has 1 aliphatic heterocycles. The fourth-order valence-electron chi connectivity index (χ4n) is 3.07. The van der Waals surface area contributed by atoms with Crippen molar-refractivity contribution in [1.82, 2.24) is 0 Å². The highest BCUT2D eigenvalue weighted by Gasteiger charge is 2.44. The van der Waals surface area contributed by atoms with Crippen molar-refractivity contribution in [2.75, 3.05) is 12.4 Å². The monoisotopic (exact) mass is 338 g/mol. The Morgan fingerprint density at radius 1 is 1.30 bits per heavy atom. The van der Waals surface area contributed by atoms with Gasteiger partial charge < -0.3 is 20.1 Å². The van der Waals surface area contributed by atoms with Gasteiger partial charge in [0.1, 0.15) is 12.2 Å². The molecule has 1 aromatic rings. The van der Waals surface area contributed by atoms with Crippen molar-refractivity contribution < 1.29 is 20.1 Å². The summed E-state index contributed by atoms with van der Waals surface area (Å²) in [5, 5.41) is 30.8. The van der Waals surface area contributed by atoms with Crippen LogP contribution in [0.15, 0.2) is 30.3 Å². The molecule has 0 saturated carbocycles. The molecule has 0 aromatic heterocycles. The number of aliphatic hydroxyl groups excluding tert-OH is 3. The summed E-state index contributed by atoms with van der Waals surface area (Å²) in [6, 6.07) is 9.34. The largest absolute Gasteiger partial charge is 0.395 e. The quantitative estimate of drug-likeness (QED) is 0.482. The van der Waals surface area contributed by atoms with E-state index in [1.165, 1.54) is 0 Å². The fraction of sp³-hybridized carbons (Fsp3) is 0.556. The summed E-state index contributed by atoms with van der Waals surface area (Å²) in [5.41, 5.74) is 0.812. The van der Waals surface area contributed by atoms with Gasteiger partial charge in [-0.25, -0.2) is 10.9 Å². The number of hydrogen-bond acceptors (Lipinski definition) is 4. The maximum Gasteiger partial charge on any atom is 0.143 e. The SMILES string of the molecule is C#C[C@H](O[C@@H]1[C@H](O)[C@@H](CO)[SH](C(C)C)C[C@@H]1O)c1ccccc1. The van der Waals surface area contributed by atoms with Crippen LogP contribution in [0.2, 0.25) is 0 Å². The topological polar surface area (TPSA) is 69.9 Å². The number of rotatable bonds is 5. The Labute approximate surface area is 140 Å². The normalized spacial score (nSPS) is 34.0. The summed E-state index contributed by atoms with van der Waals surface area (Å²) in [7, 11) is -0.665. The predicted octanol–water partition coefficient (Wildman–Crippen LogP) is 1.25. The van der Waals surface area contributed by atoms with Crippen molar-refractivity contribution in [2.24, 2.45) is 0 Å². The third-order valence-corrected chi connectivity index (χ3v) is 7.77. The second-order valence-corrected chi connectivity index (χ2v) is 9.25. The highest BCUT2D eigenvalue weighted by molar-refractivity contribution is 8.18. The molecule has 0 aliphatic carbocycles. The second-order valence-electron chi connectivity index (χ2n) is 6.16. The number of hydrogen-bond donors (Lipinski definition) is 4. The molecule has 1 heterocycles. The molecule has 4 nitrogen and oxygen atoms in total. The van der Waals surface area contributed by atoms with Gasteiger partial charge in [0, 0.05) is 11.0 Å². The van der Waals surface area contributed by atoms with Gasteiger partial charge in [-0.1, -0.05) is 50.1 Å². The molecule has 0 spiro atoms. The third-order valence-electron chi connectivity index (χ3n) is 4.33. The number of terminal acetylenes is 1. The minimum absolute atomic E-state index is 0.107. The van der Waals surface area contributed by atoms with E-state index in [0.717, 1.165) is 5.56 Å². The van der Waals surface area contributed by atoms with E-state index >= 15 is 0 Å². The van der Waals surface area contributed by atoms with Crippen molar-refractivity contribution in [2.45, 2.75) is 48.8 Å². The van der Waals surface area contributed by atoms with Crippen molar-refractivity contribution in [3.05, 3.63) is 35.9 Å². The molecule has 6 atom stereocenters. The van der Waals surface area contributed by atoms with E-state index in [9.17, 15) is 15.3 Å². The van der Waals surface area contributed by atoms with Crippen LogP contribution in [0, 0.1) is 12.3 Å². The van der Waals surface area contributed by atoms with E-state index < -0.39 is 35.3 Å². The molecule has 5 heteroatoms. The van der Waals surface area contributed by atoms with Crippen LogP contribution in [-0.4, -0.2) is 56.5 Å². The van der Waals surface area contributed by atoms with Crippen molar-refractivity contribution in [3.63, 3.8) is 0 Å². The molecule has 1 unspecified atom stereocenters. The van der Waals surface area contributed by atoms with Gasteiger partial charge in [0.25, 0.3) is 0 Å². The molecule has 3 N–H and O–H groups in total. The van der Waals surface area contributed by atoms with Crippen LogP contribution in [0.4, 0.5) is 0 Å². The van der Waals surface area contributed by atoms with Gasteiger partial charge >= 0.3 is 0 Å². The molecule has 2 rings (SSSR count). The molecule has 1 fully saturated rings. The third kappa shape index (κ3) is 4.09.